The van der Waals surface area contributed by atoms with Crippen LogP contribution in [0.25, 0.3) is 28.5 Å². The standard InChI is InChI=1S/C14H10N4O2S/c1-9-11(6-8-19-9)13-15-16-14-18(13)17-12(21-14)5-4-10-3-2-7-20-10/h2-8H,1H3/b5-4-. The van der Waals surface area contributed by atoms with Crippen molar-refractivity contribution < 1.29 is 8.83 Å². The van der Waals surface area contributed by atoms with Gasteiger partial charge in [-0.05, 0) is 37.3 Å². The van der Waals surface area contributed by atoms with Gasteiger partial charge in [0.05, 0.1) is 18.1 Å². The summed E-state index contributed by atoms with van der Waals surface area (Å²) in [7, 11) is 0. The molecule has 7 heteroatoms. The SMILES string of the molecule is Cc1occc1-c1nnc2sc(/C=C\c3ccco3)nn12. The third-order valence-corrected chi connectivity index (χ3v) is 3.90. The van der Waals surface area contributed by atoms with E-state index in [4.69, 9.17) is 8.83 Å². The molecule has 0 aliphatic carbocycles. The van der Waals surface area contributed by atoms with Gasteiger partial charge in [-0.2, -0.15) is 9.61 Å². The molecule has 0 N–H and O–H groups in total. The second kappa shape index (κ2) is 4.71. The van der Waals surface area contributed by atoms with Crippen LogP contribution in [0.15, 0.2) is 39.6 Å². The van der Waals surface area contributed by atoms with E-state index >= 15 is 0 Å². The van der Waals surface area contributed by atoms with Crippen LogP contribution in [-0.4, -0.2) is 19.8 Å². The number of hydrogen-bond acceptors (Lipinski definition) is 6. The van der Waals surface area contributed by atoms with Gasteiger partial charge in [0.15, 0.2) is 5.82 Å². The Morgan fingerprint density at radius 1 is 1.14 bits per heavy atom. The van der Waals surface area contributed by atoms with Gasteiger partial charge in [-0.25, -0.2) is 0 Å². The monoisotopic (exact) mass is 298 g/mol. The molecule has 0 aliphatic heterocycles. The van der Waals surface area contributed by atoms with Gasteiger partial charge in [-0.15, -0.1) is 10.2 Å². The van der Waals surface area contributed by atoms with Crippen molar-refractivity contribution in [3.05, 3.63) is 47.3 Å². The summed E-state index contributed by atoms with van der Waals surface area (Å²) < 4.78 is 12.3. The molecule has 4 heterocycles. The summed E-state index contributed by atoms with van der Waals surface area (Å²) >= 11 is 1.46. The molecule has 4 aromatic rings. The average molecular weight is 298 g/mol. The molecular weight excluding hydrogens is 288 g/mol. The summed E-state index contributed by atoms with van der Waals surface area (Å²) in [5, 5.41) is 13.7. The number of rotatable bonds is 3. The van der Waals surface area contributed by atoms with Crippen LogP contribution in [0.1, 0.15) is 16.5 Å². The van der Waals surface area contributed by atoms with Crippen LogP contribution in [0.2, 0.25) is 0 Å². The van der Waals surface area contributed by atoms with E-state index in [1.807, 2.05) is 37.3 Å². The van der Waals surface area contributed by atoms with E-state index in [2.05, 4.69) is 15.3 Å². The van der Waals surface area contributed by atoms with Gasteiger partial charge in [0.25, 0.3) is 0 Å². The molecule has 0 unspecified atom stereocenters. The molecule has 6 nitrogen and oxygen atoms in total. The summed E-state index contributed by atoms with van der Waals surface area (Å²) in [5.74, 6) is 2.27. The van der Waals surface area contributed by atoms with Crippen LogP contribution >= 0.6 is 11.3 Å². The van der Waals surface area contributed by atoms with Crippen LogP contribution < -0.4 is 0 Å². The molecule has 0 saturated carbocycles. The minimum absolute atomic E-state index is 0.685. The summed E-state index contributed by atoms with van der Waals surface area (Å²) in [5.41, 5.74) is 0.898. The smallest absolute Gasteiger partial charge is 0.235 e. The van der Waals surface area contributed by atoms with Gasteiger partial charge >= 0.3 is 0 Å². The van der Waals surface area contributed by atoms with Crippen molar-refractivity contribution in [3.63, 3.8) is 0 Å². The predicted octanol–water partition coefficient (Wildman–Crippen LogP) is 3.52. The Kier molecular flexibility index (Phi) is 2.71. The van der Waals surface area contributed by atoms with E-state index in [1.165, 1.54) is 11.3 Å². The maximum Gasteiger partial charge on any atom is 0.235 e. The summed E-state index contributed by atoms with van der Waals surface area (Å²) in [6, 6.07) is 5.60. The molecule has 4 aromatic heterocycles. The van der Waals surface area contributed by atoms with Crippen LogP contribution in [0.4, 0.5) is 0 Å². The fourth-order valence-corrected chi connectivity index (χ4v) is 2.76. The maximum absolute atomic E-state index is 5.31. The zero-order valence-corrected chi connectivity index (χ0v) is 11.9. The van der Waals surface area contributed by atoms with E-state index in [0.29, 0.717) is 5.82 Å². The van der Waals surface area contributed by atoms with Crippen molar-refractivity contribution in [2.45, 2.75) is 6.92 Å². The Bertz CT molecular complexity index is 914. The lowest BCUT2D eigenvalue weighted by molar-refractivity contribution is 0.535. The molecule has 0 aliphatic rings. The first-order valence-electron chi connectivity index (χ1n) is 6.29. The Hall–Kier alpha value is -2.67. The average Bonchev–Trinajstić information content (AvgIpc) is 3.20. The molecule has 0 bridgehead atoms. The number of hydrogen-bond donors (Lipinski definition) is 0. The topological polar surface area (TPSA) is 69.4 Å². The van der Waals surface area contributed by atoms with Crippen molar-refractivity contribution in [1.29, 1.82) is 0 Å². The molecule has 0 saturated heterocycles. The highest BCUT2D eigenvalue weighted by Crippen LogP contribution is 2.25. The van der Waals surface area contributed by atoms with Gasteiger partial charge in [-0.1, -0.05) is 11.3 Å². The van der Waals surface area contributed by atoms with Crippen LogP contribution in [-0.2, 0) is 0 Å². The highest BCUT2D eigenvalue weighted by Gasteiger charge is 2.15. The third kappa shape index (κ3) is 2.07. The van der Waals surface area contributed by atoms with Crippen LogP contribution in [0.5, 0.6) is 0 Å². The number of nitrogens with zero attached hydrogens (tertiary/aromatic N) is 4. The summed E-state index contributed by atoms with van der Waals surface area (Å²) in [6.07, 6.45) is 7.03. The predicted molar refractivity (Wildman–Crippen MR) is 78.7 cm³/mol. The van der Waals surface area contributed by atoms with Crippen LogP contribution in [0, 0.1) is 6.92 Å². The van der Waals surface area contributed by atoms with Gasteiger partial charge in [0.1, 0.15) is 16.5 Å². The first-order valence-corrected chi connectivity index (χ1v) is 7.11. The highest BCUT2D eigenvalue weighted by atomic mass is 32.1. The lowest BCUT2D eigenvalue weighted by Crippen LogP contribution is -1.90. The second-order valence-electron chi connectivity index (χ2n) is 4.40. The largest absolute Gasteiger partial charge is 0.469 e. The van der Waals surface area contributed by atoms with Crippen molar-refractivity contribution in [3.8, 4) is 11.4 Å². The molecule has 0 atom stereocenters. The third-order valence-electron chi connectivity index (χ3n) is 3.04. The van der Waals surface area contributed by atoms with Gasteiger partial charge in [0.2, 0.25) is 4.96 Å². The molecule has 0 aromatic carbocycles. The fourth-order valence-electron chi connectivity index (χ4n) is 2.02. The Balaban J connectivity index is 1.74. The minimum atomic E-state index is 0.685. The minimum Gasteiger partial charge on any atom is -0.469 e. The van der Waals surface area contributed by atoms with Gasteiger partial charge in [0, 0.05) is 0 Å². The van der Waals surface area contributed by atoms with E-state index in [9.17, 15) is 0 Å². The Morgan fingerprint density at radius 2 is 2.10 bits per heavy atom. The van der Waals surface area contributed by atoms with E-state index in [1.54, 1.807) is 17.0 Å². The maximum atomic E-state index is 5.31. The normalized spacial score (nSPS) is 11.9. The fraction of sp³-hybridized carbons (Fsp3) is 0.0714. The van der Waals surface area contributed by atoms with E-state index in [-0.39, 0.29) is 0 Å². The zero-order chi connectivity index (χ0) is 14.2. The highest BCUT2D eigenvalue weighted by molar-refractivity contribution is 7.17. The number of furan rings is 2. The van der Waals surface area contributed by atoms with Crippen LogP contribution in [0.3, 0.4) is 0 Å². The quantitative estimate of drug-likeness (QED) is 0.579. The molecule has 0 radical (unpaired) electrons. The summed E-state index contributed by atoms with van der Waals surface area (Å²) in [4.78, 5) is 0.740. The van der Waals surface area contributed by atoms with Crippen molar-refractivity contribution in [1.82, 2.24) is 19.8 Å². The molecule has 21 heavy (non-hydrogen) atoms. The van der Waals surface area contributed by atoms with E-state index in [0.717, 1.165) is 27.1 Å². The Labute approximate surface area is 123 Å². The lowest BCUT2D eigenvalue weighted by atomic mass is 10.2. The first-order chi connectivity index (χ1) is 10.3. The van der Waals surface area contributed by atoms with Crippen molar-refractivity contribution in [2.75, 3.05) is 0 Å². The number of fused-ring (bicyclic) bond motifs is 1. The zero-order valence-electron chi connectivity index (χ0n) is 11.1. The van der Waals surface area contributed by atoms with E-state index < -0.39 is 0 Å². The van der Waals surface area contributed by atoms with Crippen molar-refractivity contribution >= 4 is 28.4 Å². The Morgan fingerprint density at radius 3 is 2.86 bits per heavy atom. The second-order valence-corrected chi connectivity index (χ2v) is 5.39. The van der Waals surface area contributed by atoms with Crippen molar-refractivity contribution in [2.24, 2.45) is 0 Å². The molecule has 4 rings (SSSR count). The molecule has 0 spiro atoms. The molecule has 0 fully saturated rings. The van der Waals surface area contributed by atoms with Gasteiger partial charge < -0.3 is 8.83 Å². The van der Waals surface area contributed by atoms with Gasteiger partial charge in [-0.3, -0.25) is 0 Å². The first kappa shape index (κ1) is 12.1. The number of aromatic nitrogens is 4. The molecule has 104 valence electrons. The lowest BCUT2D eigenvalue weighted by Gasteiger charge is -1.92. The summed E-state index contributed by atoms with van der Waals surface area (Å²) in [6.45, 7) is 1.89. The molecule has 0 amide bonds. The molecular formula is C14H10N4O2S. The number of aryl methyl sites for hydroxylation is 1.